The van der Waals surface area contributed by atoms with Crippen molar-refractivity contribution in [3.63, 3.8) is 0 Å². The zero-order valence-electron chi connectivity index (χ0n) is 43.0. The largest absolute Gasteiger partial charge is 0.333 e. The highest BCUT2D eigenvalue weighted by atomic mass is 15.2. The van der Waals surface area contributed by atoms with E-state index in [1.807, 2.05) is 0 Å². The van der Waals surface area contributed by atoms with Crippen LogP contribution in [0.5, 0.6) is 0 Å². The van der Waals surface area contributed by atoms with Gasteiger partial charge < -0.3 is 4.90 Å². The van der Waals surface area contributed by atoms with Crippen molar-refractivity contribution in [2.75, 3.05) is 4.90 Å². The van der Waals surface area contributed by atoms with Crippen LogP contribution in [-0.4, -0.2) is 15.6 Å². The molecule has 0 radical (unpaired) electrons. The van der Waals surface area contributed by atoms with E-state index in [0.717, 1.165) is 40.1 Å². The van der Waals surface area contributed by atoms with Gasteiger partial charge in [0.2, 0.25) is 0 Å². The summed E-state index contributed by atoms with van der Waals surface area (Å²) >= 11 is 0. The highest BCUT2D eigenvalue weighted by molar-refractivity contribution is 5.98. The van der Waals surface area contributed by atoms with E-state index in [2.05, 4.69) is 301 Å². The number of allylic oxidation sites excluding steroid dienone is 2. The van der Waals surface area contributed by atoms with Gasteiger partial charge in [0.25, 0.3) is 0 Å². The standard InChI is InChI=1S/C75H53N3/c1-5-16-50(17-6-1)54-28-30-56(31-29-54)63-48-69(58-34-32-55(33-35-58)51-18-7-2-8-19-51)76-75(49-63)78-73-42-37-60(53-22-11-4-12-23-53)45-67(73)68-47-62(39-43-74(68)78)61-38-41-72-66(46-61)65-44-59(52-20-9-3-10-21-52)36-40-71(65)77(72)70-27-15-25-57-24-13-14-26-64(57)70/h1-38,40-49,62,66,72H,39H2. The van der Waals surface area contributed by atoms with Crippen LogP contribution in [0.2, 0.25) is 0 Å². The molecule has 3 heterocycles. The normalized spacial score (nSPS) is 16.2. The van der Waals surface area contributed by atoms with Crippen molar-refractivity contribution in [1.82, 2.24) is 9.55 Å². The summed E-state index contributed by atoms with van der Waals surface area (Å²) in [5, 5.41) is 6.17. The zero-order chi connectivity index (χ0) is 51.5. The van der Waals surface area contributed by atoms with E-state index in [1.165, 1.54) is 93.7 Å². The second kappa shape index (κ2) is 19.1. The number of nitrogens with zero attached hydrogens (tertiary/aromatic N) is 3. The minimum absolute atomic E-state index is 0.135. The summed E-state index contributed by atoms with van der Waals surface area (Å²) in [6.45, 7) is 0. The first-order valence-electron chi connectivity index (χ1n) is 27.3. The smallest absolute Gasteiger partial charge is 0.138 e. The number of anilines is 2. The van der Waals surface area contributed by atoms with Gasteiger partial charge in [0, 0.05) is 44.8 Å². The number of rotatable bonds is 9. The van der Waals surface area contributed by atoms with Gasteiger partial charge >= 0.3 is 0 Å². The number of hydrogen-bond acceptors (Lipinski definition) is 2. The Bertz CT molecular complexity index is 4330. The number of benzene rings is 10. The monoisotopic (exact) mass is 995 g/mol. The molecule has 0 N–H and O–H groups in total. The van der Waals surface area contributed by atoms with Crippen molar-refractivity contribution in [3.8, 4) is 72.7 Å². The second-order valence-electron chi connectivity index (χ2n) is 21.0. The van der Waals surface area contributed by atoms with E-state index < -0.39 is 0 Å². The van der Waals surface area contributed by atoms with Gasteiger partial charge in [-0.15, -0.1) is 0 Å². The summed E-state index contributed by atoms with van der Waals surface area (Å²) in [5.74, 6) is 1.23. The molecule has 0 spiro atoms. The Balaban J connectivity index is 0.882. The molecule has 0 fully saturated rings. The molecule has 0 amide bonds. The molecule has 1 aliphatic heterocycles. The van der Waals surface area contributed by atoms with E-state index in [0.29, 0.717) is 0 Å². The van der Waals surface area contributed by atoms with Crippen LogP contribution in [0.4, 0.5) is 11.4 Å². The van der Waals surface area contributed by atoms with Gasteiger partial charge in [-0.1, -0.05) is 249 Å². The zero-order valence-corrected chi connectivity index (χ0v) is 43.0. The summed E-state index contributed by atoms with van der Waals surface area (Å²) in [6.07, 6.45) is 13.4. The third kappa shape index (κ3) is 8.02. The van der Waals surface area contributed by atoms with Gasteiger partial charge in [0.1, 0.15) is 5.82 Å². The van der Waals surface area contributed by atoms with Crippen LogP contribution in [0, 0.1) is 5.92 Å². The van der Waals surface area contributed by atoms with Crippen molar-refractivity contribution >= 4 is 45.2 Å². The molecule has 3 aliphatic rings. The molecule has 0 saturated heterocycles. The Labute approximate surface area is 455 Å². The van der Waals surface area contributed by atoms with E-state index in [4.69, 9.17) is 4.98 Å². The van der Waals surface area contributed by atoms with Crippen molar-refractivity contribution in [2.24, 2.45) is 5.92 Å². The molecular weight excluding hydrogens is 943 g/mol. The summed E-state index contributed by atoms with van der Waals surface area (Å²) < 4.78 is 2.43. The Hall–Kier alpha value is -9.83. The molecule has 2 aliphatic carbocycles. The first kappa shape index (κ1) is 45.6. The molecular formula is C75H53N3. The van der Waals surface area contributed by atoms with Crippen LogP contribution in [-0.2, 0) is 0 Å². The van der Waals surface area contributed by atoms with Crippen molar-refractivity contribution in [2.45, 2.75) is 18.4 Å². The van der Waals surface area contributed by atoms with Gasteiger partial charge in [0.05, 0.1) is 22.6 Å². The molecule has 0 saturated carbocycles. The molecule has 3 nitrogen and oxygen atoms in total. The number of fused-ring (bicyclic) bond motifs is 7. The summed E-state index contributed by atoms with van der Waals surface area (Å²) in [7, 11) is 0. The second-order valence-corrected chi connectivity index (χ2v) is 21.0. The fourth-order valence-corrected chi connectivity index (χ4v) is 12.6. The SMILES string of the molecule is C1=CC2C(C=C1C1C=c3c(n(-c4cc(-c5ccc(-c6ccccc6)cc5)cc(-c5ccc(-c6ccccc6)cc5)n4)c4ccc(-c5ccccc5)cc34)=CC1)c1cc(-c3ccccc3)ccc1N2c1cccc2ccccc12. The molecule has 78 heavy (non-hydrogen) atoms. The molecule has 0 bridgehead atoms. The van der Waals surface area contributed by atoms with E-state index in [-0.39, 0.29) is 17.9 Å². The topological polar surface area (TPSA) is 21.1 Å². The molecule has 2 aromatic heterocycles. The van der Waals surface area contributed by atoms with E-state index in [9.17, 15) is 0 Å². The fraction of sp³-hybridized carbons (Fsp3) is 0.0533. The van der Waals surface area contributed by atoms with Crippen LogP contribution < -0.4 is 15.5 Å². The maximum absolute atomic E-state index is 5.63. The van der Waals surface area contributed by atoms with Crippen LogP contribution in [0.3, 0.4) is 0 Å². The average Bonchev–Trinajstić information content (AvgIpc) is 4.05. The highest BCUT2D eigenvalue weighted by Gasteiger charge is 2.40. The maximum Gasteiger partial charge on any atom is 0.138 e. The van der Waals surface area contributed by atoms with E-state index >= 15 is 0 Å². The molecule has 10 aromatic carbocycles. The quantitative estimate of drug-likeness (QED) is 0.144. The predicted octanol–water partition coefficient (Wildman–Crippen LogP) is 17.6. The molecule has 368 valence electrons. The van der Waals surface area contributed by atoms with Crippen LogP contribution in [0.25, 0.3) is 107 Å². The fourth-order valence-electron chi connectivity index (χ4n) is 12.6. The first-order chi connectivity index (χ1) is 38.6. The number of hydrogen-bond donors (Lipinski definition) is 0. The van der Waals surface area contributed by atoms with Crippen LogP contribution >= 0.6 is 0 Å². The van der Waals surface area contributed by atoms with Crippen molar-refractivity contribution in [3.05, 3.63) is 301 Å². The van der Waals surface area contributed by atoms with E-state index in [1.54, 1.807) is 0 Å². The lowest BCUT2D eigenvalue weighted by atomic mass is 9.81. The summed E-state index contributed by atoms with van der Waals surface area (Å²) in [4.78, 5) is 8.22. The number of pyridine rings is 1. The Morgan fingerprint density at radius 1 is 0.397 bits per heavy atom. The maximum atomic E-state index is 5.63. The average molecular weight is 996 g/mol. The first-order valence-corrected chi connectivity index (χ1v) is 27.3. The number of aromatic nitrogens is 2. The summed E-state index contributed by atoms with van der Waals surface area (Å²) in [6, 6.07) is 95.1. The molecule has 3 atom stereocenters. The van der Waals surface area contributed by atoms with Crippen LogP contribution in [0.1, 0.15) is 17.9 Å². The lowest BCUT2D eigenvalue weighted by Crippen LogP contribution is -2.33. The van der Waals surface area contributed by atoms with Crippen molar-refractivity contribution < 1.29 is 0 Å². The lowest BCUT2D eigenvalue weighted by Gasteiger charge is -2.31. The van der Waals surface area contributed by atoms with Crippen molar-refractivity contribution in [1.29, 1.82) is 0 Å². The lowest BCUT2D eigenvalue weighted by molar-refractivity contribution is 0.717. The molecule has 15 rings (SSSR count). The highest BCUT2D eigenvalue weighted by Crippen LogP contribution is 2.51. The van der Waals surface area contributed by atoms with Crippen LogP contribution in [0.15, 0.2) is 285 Å². The summed E-state index contributed by atoms with van der Waals surface area (Å²) in [5.41, 5.74) is 20.3. The van der Waals surface area contributed by atoms with Gasteiger partial charge in [-0.2, -0.15) is 0 Å². The molecule has 3 unspecified atom stereocenters. The van der Waals surface area contributed by atoms with Gasteiger partial charge in [0.15, 0.2) is 0 Å². The Morgan fingerprint density at radius 2 is 0.936 bits per heavy atom. The molecule has 12 aromatic rings. The van der Waals surface area contributed by atoms with Gasteiger partial charge in [-0.05, 0) is 121 Å². The Kier molecular flexibility index (Phi) is 11.1. The minimum Gasteiger partial charge on any atom is -0.333 e. The molecule has 3 heteroatoms. The Morgan fingerprint density at radius 3 is 1.60 bits per heavy atom. The van der Waals surface area contributed by atoms with Gasteiger partial charge in [-0.3, -0.25) is 4.57 Å². The third-order valence-corrected chi connectivity index (χ3v) is 16.5. The minimum atomic E-state index is 0.135. The predicted molar refractivity (Wildman–Crippen MR) is 326 cm³/mol. The third-order valence-electron chi connectivity index (χ3n) is 16.5. The van der Waals surface area contributed by atoms with Gasteiger partial charge in [-0.25, -0.2) is 4.98 Å².